The van der Waals surface area contributed by atoms with Gasteiger partial charge < -0.3 is 26.6 Å². The predicted molar refractivity (Wildman–Crippen MR) is 153 cm³/mol. The van der Waals surface area contributed by atoms with E-state index >= 15 is 0 Å². The molecule has 0 saturated heterocycles. The molecule has 44 heavy (non-hydrogen) atoms. The lowest BCUT2D eigenvalue weighted by Gasteiger charge is -2.25. The largest absolute Gasteiger partial charge is 0.391 e. The SMILES string of the molecule is Cc1cc(CC(=O)NCCON=C(N)N)c(N(S(=O)(=O)c2ccc([N+](=O)[O-])cc2)S(=O)(=O)c2ccc([N+](=O)[O-])cc2)c(=O)[nH]1. The Morgan fingerprint density at radius 1 is 0.955 bits per heavy atom. The van der Waals surface area contributed by atoms with Gasteiger partial charge in [0.2, 0.25) is 11.9 Å². The molecule has 3 rings (SSSR count). The standard InChI is InChI=1S/C23H24N8O11S2/c1-14-12-15(13-20(32)26-10-11-42-28-23(24)25)21(22(33)27-14)31(43(38,39)18-6-2-16(3-7-18)29(34)35)44(40,41)19-8-4-17(5-9-19)30(36)37/h2-9,12H,10-11,13H2,1H3,(H,26,32)(H,27,33)(H4,24,25,28). The number of pyridine rings is 1. The Labute approximate surface area is 248 Å². The van der Waals surface area contributed by atoms with Crippen molar-refractivity contribution in [3.05, 3.63) is 96.4 Å². The van der Waals surface area contributed by atoms with E-state index in [0.717, 1.165) is 48.5 Å². The molecule has 6 N–H and O–H groups in total. The van der Waals surface area contributed by atoms with Crippen molar-refractivity contribution in [3.63, 3.8) is 0 Å². The molecule has 0 saturated carbocycles. The second-order valence-electron chi connectivity index (χ2n) is 8.74. The van der Waals surface area contributed by atoms with E-state index in [1.165, 1.54) is 13.0 Å². The van der Waals surface area contributed by atoms with Crippen LogP contribution in [-0.2, 0) is 36.1 Å². The van der Waals surface area contributed by atoms with Gasteiger partial charge in [0.25, 0.3) is 37.0 Å². The minimum Gasteiger partial charge on any atom is -0.391 e. The van der Waals surface area contributed by atoms with Gasteiger partial charge in [0.15, 0.2) is 0 Å². The number of aromatic amines is 1. The first-order valence-corrected chi connectivity index (χ1v) is 14.9. The van der Waals surface area contributed by atoms with Gasteiger partial charge in [-0.3, -0.25) is 29.8 Å². The zero-order valence-electron chi connectivity index (χ0n) is 22.6. The number of benzene rings is 2. The fourth-order valence-electron chi connectivity index (χ4n) is 3.72. The molecular weight excluding hydrogens is 628 g/mol. The summed E-state index contributed by atoms with van der Waals surface area (Å²) in [6.45, 7) is 1.08. The molecule has 0 bridgehead atoms. The van der Waals surface area contributed by atoms with Crippen LogP contribution < -0.4 is 26.1 Å². The third-order valence-corrected chi connectivity index (χ3v) is 9.72. The van der Waals surface area contributed by atoms with Gasteiger partial charge in [-0.05, 0) is 48.0 Å². The molecule has 0 fully saturated rings. The lowest BCUT2D eigenvalue weighted by molar-refractivity contribution is -0.385. The Hall–Kier alpha value is -5.57. The van der Waals surface area contributed by atoms with Gasteiger partial charge in [-0.2, -0.15) is 0 Å². The Morgan fingerprint density at radius 2 is 1.43 bits per heavy atom. The van der Waals surface area contributed by atoms with E-state index in [9.17, 15) is 46.7 Å². The molecule has 19 nitrogen and oxygen atoms in total. The number of hydrogen-bond donors (Lipinski definition) is 4. The van der Waals surface area contributed by atoms with Crippen LogP contribution in [0.3, 0.4) is 0 Å². The summed E-state index contributed by atoms with van der Waals surface area (Å²) in [5.41, 5.74) is 6.81. The van der Waals surface area contributed by atoms with Crippen molar-refractivity contribution in [3.8, 4) is 0 Å². The highest BCUT2D eigenvalue weighted by molar-refractivity contribution is 8.10. The number of rotatable bonds is 13. The quantitative estimate of drug-likeness (QED) is 0.0619. The average Bonchev–Trinajstić information content (AvgIpc) is 2.94. The molecule has 0 aliphatic carbocycles. The highest BCUT2D eigenvalue weighted by Gasteiger charge is 2.40. The maximum absolute atomic E-state index is 13.9. The lowest BCUT2D eigenvalue weighted by atomic mass is 10.1. The molecule has 1 amide bonds. The van der Waals surface area contributed by atoms with Gasteiger partial charge in [0.1, 0.15) is 12.3 Å². The molecule has 234 valence electrons. The van der Waals surface area contributed by atoms with Crippen LogP contribution in [0.15, 0.2) is 74.3 Å². The molecule has 1 heterocycles. The molecule has 0 radical (unpaired) electrons. The van der Waals surface area contributed by atoms with Gasteiger partial charge in [-0.25, -0.2) is 16.8 Å². The minimum atomic E-state index is -5.28. The van der Waals surface area contributed by atoms with E-state index < -0.39 is 74.6 Å². The number of nitrogens with one attached hydrogen (secondary N) is 2. The van der Waals surface area contributed by atoms with Crippen molar-refractivity contribution in [1.29, 1.82) is 0 Å². The summed E-state index contributed by atoms with van der Waals surface area (Å²) < 4.78 is 55.6. The van der Waals surface area contributed by atoms with Crippen molar-refractivity contribution in [1.82, 2.24) is 10.3 Å². The molecule has 2 aromatic carbocycles. The molecule has 21 heteroatoms. The van der Waals surface area contributed by atoms with Crippen LogP contribution in [0.4, 0.5) is 17.1 Å². The number of nitrogens with zero attached hydrogens (tertiary/aromatic N) is 4. The van der Waals surface area contributed by atoms with Crippen LogP contribution >= 0.6 is 0 Å². The van der Waals surface area contributed by atoms with Crippen LogP contribution in [0.25, 0.3) is 0 Å². The van der Waals surface area contributed by atoms with Crippen LogP contribution in [0.2, 0.25) is 0 Å². The number of nitro groups is 2. The van der Waals surface area contributed by atoms with E-state index in [4.69, 9.17) is 16.3 Å². The third kappa shape index (κ3) is 7.43. The number of amides is 1. The number of guanidine groups is 1. The number of oxime groups is 1. The van der Waals surface area contributed by atoms with Crippen LogP contribution in [0.1, 0.15) is 11.3 Å². The van der Waals surface area contributed by atoms with Gasteiger partial charge in [-0.15, -0.1) is 3.71 Å². The van der Waals surface area contributed by atoms with Gasteiger partial charge in [0.05, 0.1) is 32.6 Å². The van der Waals surface area contributed by atoms with E-state index in [0.29, 0.717) is 0 Å². The van der Waals surface area contributed by atoms with Crippen LogP contribution in [0, 0.1) is 27.2 Å². The fraction of sp³-hybridized carbons (Fsp3) is 0.174. The number of anilines is 1. The maximum Gasteiger partial charge on any atom is 0.277 e. The summed E-state index contributed by atoms with van der Waals surface area (Å²) >= 11 is 0. The number of aryl methyl sites for hydroxylation is 1. The molecule has 0 unspecified atom stereocenters. The molecular formula is C23H24N8O11S2. The number of aromatic nitrogens is 1. The molecule has 0 aliphatic heterocycles. The minimum absolute atomic E-state index is 0.137. The van der Waals surface area contributed by atoms with Crippen molar-refractivity contribution in [2.24, 2.45) is 16.6 Å². The van der Waals surface area contributed by atoms with Crippen LogP contribution in [0.5, 0.6) is 0 Å². The summed E-state index contributed by atoms with van der Waals surface area (Å²) in [5, 5.41) is 27.9. The summed E-state index contributed by atoms with van der Waals surface area (Å²) in [7, 11) is -10.6. The highest BCUT2D eigenvalue weighted by Crippen LogP contribution is 2.32. The van der Waals surface area contributed by atoms with Gasteiger partial charge in [0, 0.05) is 30.0 Å². The van der Waals surface area contributed by atoms with Gasteiger partial charge >= 0.3 is 0 Å². The van der Waals surface area contributed by atoms with E-state index in [-0.39, 0.29) is 34.1 Å². The first-order valence-electron chi connectivity index (χ1n) is 12.1. The Balaban J connectivity index is 2.20. The third-order valence-electron chi connectivity index (χ3n) is 5.57. The van der Waals surface area contributed by atoms with Crippen molar-refractivity contribution in [2.75, 3.05) is 16.9 Å². The Bertz CT molecular complexity index is 1800. The fourth-order valence-corrected chi connectivity index (χ4v) is 7.49. The molecule has 3 aromatic rings. The summed E-state index contributed by atoms with van der Waals surface area (Å²) in [4.78, 5) is 52.1. The summed E-state index contributed by atoms with van der Waals surface area (Å²) in [6, 6.07) is 7.45. The highest BCUT2D eigenvalue weighted by atomic mass is 32.3. The number of carbonyl (C=O) groups excluding carboxylic acids is 1. The lowest BCUT2D eigenvalue weighted by Crippen LogP contribution is -2.41. The number of H-pyrrole nitrogens is 1. The first-order chi connectivity index (χ1) is 20.5. The topological polar surface area (TPSA) is 293 Å². The number of carbonyl (C=O) groups is 1. The van der Waals surface area contributed by atoms with E-state index in [1.54, 1.807) is 0 Å². The smallest absolute Gasteiger partial charge is 0.277 e. The average molecular weight is 653 g/mol. The van der Waals surface area contributed by atoms with E-state index in [2.05, 4.69) is 15.5 Å². The van der Waals surface area contributed by atoms with E-state index in [1.807, 2.05) is 0 Å². The van der Waals surface area contributed by atoms with Crippen molar-refractivity contribution < 1.29 is 36.3 Å². The van der Waals surface area contributed by atoms with Gasteiger partial charge in [-0.1, -0.05) is 0 Å². The second-order valence-corrected chi connectivity index (χ2v) is 12.5. The summed E-state index contributed by atoms with van der Waals surface area (Å²) in [5.74, 6) is -1.16. The van der Waals surface area contributed by atoms with Crippen molar-refractivity contribution in [2.45, 2.75) is 23.1 Å². The monoisotopic (exact) mass is 652 g/mol. The zero-order valence-corrected chi connectivity index (χ0v) is 24.2. The maximum atomic E-state index is 13.9. The number of non-ortho nitro benzene ring substituents is 2. The second kappa shape index (κ2) is 13.2. The normalized spacial score (nSPS) is 11.3. The number of nitrogens with two attached hydrogens (primary N) is 2. The number of hydrogen-bond acceptors (Lipinski definition) is 12. The number of sulfonamides is 2. The number of nitro benzene ring substituents is 2. The van der Waals surface area contributed by atoms with Crippen molar-refractivity contribution >= 4 is 49.0 Å². The first kappa shape index (κ1) is 32.9. The molecule has 0 aliphatic rings. The molecule has 0 atom stereocenters. The molecule has 0 spiro atoms. The molecule has 1 aromatic heterocycles. The Morgan fingerprint density at radius 3 is 1.86 bits per heavy atom. The van der Waals surface area contributed by atoms with Crippen LogP contribution in [-0.4, -0.2) is 56.7 Å². The summed E-state index contributed by atoms with van der Waals surface area (Å²) in [6.07, 6.45) is -0.704. The predicted octanol–water partition coefficient (Wildman–Crippen LogP) is -0.0524. The Kier molecular flexibility index (Phi) is 9.85. The zero-order chi connectivity index (χ0) is 32.8.